The van der Waals surface area contributed by atoms with Crippen molar-refractivity contribution in [3.8, 4) is 28.5 Å². The van der Waals surface area contributed by atoms with Crippen molar-refractivity contribution in [3.63, 3.8) is 0 Å². The summed E-state index contributed by atoms with van der Waals surface area (Å²) in [6.07, 6.45) is 5.78. The molecule has 0 spiro atoms. The zero-order valence-corrected chi connectivity index (χ0v) is 21.6. The van der Waals surface area contributed by atoms with Gasteiger partial charge >= 0.3 is 0 Å². The number of aliphatic hydroxyl groups is 1. The molecule has 1 aliphatic rings. The number of hydrogen-bond donors (Lipinski definition) is 2. The van der Waals surface area contributed by atoms with Gasteiger partial charge in [-0.2, -0.15) is 14.9 Å². The molecule has 0 aliphatic heterocycles. The lowest BCUT2D eigenvalue weighted by Crippen LogP contribution is -2.59. The number of benzene rings is 2. The molecule has 3 N–H and O–H groups in total. The molecule has 3 heterocycles. The van der Waals surface area contributed by atoms with E-state index in [-0.39, 0.29) is 0 Å². The summed E-state index contributed by atoms with van der Waals surface area (Å²) in [5.41, 5.74) is 12.6. The van der Waals surface area contributed by atoms with Crippen molar-refractivity contribution >= 4 is 16.7 Å². The molecule has 1 aliphatic carbocycles. The van der Waals surface area contributed by atoms with E-state index in [4.69, 9.17) is 10.7 Å². The third kappa shape index (κ3) is 3.94. The molecule has 0 amide bonds. The van der Waals surface area contributed by atoms with E-state index in [9.17, 15) is 10.4 Å². The summed E-state index contributed by atoms with van der Waals surface area (Å²) in [6.45, 7) is 3.95. The van der Waals surface area contributed by atoms with Gasteiger partial charge < -0.3 is 10.8 Å². The molecular weight excluding hydrogens is 472 g/mol. The summed E-state index contributed by atoms with van der Waals surface area (Å²) in [5, 5.41) is 25.9. The molecule has 6 rings (SSSR count). The molecule has 38 heavy (non-hydrogen) atoms. The first-order valence-electron chi connectivity index (χ1n) is 13.1. The molecule has 5 aromatic rings. The first kappa shape index (κ1) is 24.2. The Bertz CT molecular complexity index is 1690. The third-order valence-corrected chi connectivity index (χ3v) is 7.81. The second-order valence-electron chi connectivity index (χ2n) is 10.6. The molecule has 3 aromatic heterocycles. The first-order chi connectivity index (χ1) is 18.3. The summed E-state index contributed by atoms with van der Waals surface area (Å²) >= 11 is 0. The number of fused-ring (bicyclic) bond motifs is 3. The van der Waals surface area contributed by atoms with Crippen LogP contribution in [0.3, 0.4) is 0 Å². The second-order valence-corrected chi connectivity index (χ2v) is 10.6. The van der Waals surface area contributed by atoms with E-state index in [1.807, 2.05) is 25.1 Å². The topological polar surface area (TPSA) is 113 Å². The van der Waals surface area contributed by atoms with E-state index in [0.29, 0.717) is 35.4 Å². The van der Waals surface area contributed by atoms with Crippen LogP contribution in [0.15, 0.2) is 66.9 Å². The first-order valence-corrected chi connectivity index (χ1v) is 13.1. The molecule has 1 fully saturated rings. The van der Waals surface area contributed by atoms with Crippen LogP contribution in [0, 0.1) is 18.3 Å². The molecule has 7 heteroatoms. The normalized spacial score (nSPS) is 20.9. The van der Waals surface area contributed by atoms with Crippen molar-refractivity contribution in [1.29, 1.82) is 5.26 Å². The fraction of sp³-hybridized carbons (Fsp3) is 0.290. The number of nitrogens with two attached hydrogens (primary N) is 1. The monoisotopic (exact) mass is 502 g/mol. The van der Waals surface area contributed by atoms with Gasteiger partial charge in [-0.25, -0.2) is 9.97 Å². The van der Waals surface area contributed by atoms with Gasteiger partial charge in [-0.3, -0.25) is 0 Å². The number of nitriles is 1. The van der Waals surface area contributed by atoms with E-state index < -0.39 is 11.1 Å². The van der Waals surface area contributed by atoms with Gasteiger partial charge in [0.15, 0.2) is 11.3 Å². The number of pyridine rings is 1. The van der Waals surface area contributed by atoms with Crippen molar-refractivity contribution < 1.29 is 5.11 Å². The van der Waals surface area contributed by atoms with Gasteiger partial charge in [0.25, 0.3) is 0 Å². The highest BCUT2D eigenvalue weighted by Gasteiger charge is 2.51. The molecule has 190 valence electrons. The second kappa shape index (κ2) is 9.02. The summed E-state index contributed by atoms with van der Waals surface area (Å²) in [5.74, 6) is 0. The summed E-state index contributed by atoms with van der Waals surface area (Å²) in [4.78, 5) is 9.63. The molecule has 0 radical (unpaired) electrons. The number of rotatable bonds is 6. The minimum absolute atomic E-state index is 0.458. The van der Waals surface area contributed by atoms with Gasteiger partial charge in [0, 0.05) is 28.2 Å². The standard InChI is InChI=1S/C31H30N6O/c1-3-4-14-30(38)18-31(33,19-30)24-12-10-22(11-13-24)27-25(21-8-6-5-7-9-21)15-23-17-34-29-26(16-32)20(2)36-37(29)28(23)35-27/h5-13,15,17,38H,3-4,14,18-19,33H2,1-2H3/t30-,31+. The molecular formula is C31H30N6O. The molecule has 0 saturated heterocycles. The van der Waals surface area contributed by atoms with Crippen LogP contribution in [0.4, 0.5) is 0 Å². The van der Waals surface area contributed by atoms with Crippen molar-refractivity contribution in [1.82, 2.24) is 19.6 Å². The molecule has 1 saturated carbocycles. The molecule has 2 aromatic carbocycles. The average molecular weight is 503 g/mol. The van der Waals surface area contributed by atoms with Gasteiger partial charge in [-0.05, 0) is 43.4 Å². The number of aromatic nitrogens is 4. The maximum atomic E-state index is 10.8. The van der Waals surface area contributed by atoms with Crippen molar-refractivity contribution in [3.05, 3.63) is 83.7 Å². The van der Waals surface area contributed by atoms with Crippen molar-refractivity contribution in [2.75, 3.05) is 0 Å². The maximum absolute atomic E-state index is 10.8. The van der Waals surface area contributed by atoms with Crippen LogP contribution in [0.25, 0.3) is 39.1 Å². The lowest BCUT2D eigenvalue weighted by atomic mass is 9.61. The van der Waals surface area contributed by atoms with Crippen LogP contribution in [0.2, 0.25) is 0 Å². The molecule has 0 atom stereocenters. The predicted molar refractivity (Wildman–Crippen MR) is 148 cm³/mol. The van der Waals surface area contributed by atoms with Crippen molar-refractivity contribution in [2.45, 2.75) is 57.1 Å². The van der Waals surface area contributed by atoms with E-state index in [2.05, 4.69) is 65.5 Å². The van der Waals surface area contributed by atoms with Gasteiger partial charge in [0.2, 0.25) is 0 Å². The zero-order valence-electron chi connectivity index (χ0n) is 21.6. The Morgan fingerprint density at radius 2 is 1.79 bits per heavy atom. The van der Waals surface area contributed by atoms with Crippen LogP contribution in [-0.4, -0.2) is 30.3 Å². The quantitative estimate of drug-likeness (QED) is 0.310. The van der Waals surface area contributed by atoms with Crippen LogP contribution < -0.4 is 5.73 Å². The highest BCUT2D eigenvalue weighted by molar-refractivity contribution is 5.91. The zero-order chi connectivity index (χ0) is 26.5. The van der Waals surface area contributed by atoms with Gasteiger partial charge in [0.05, 0.1) is 17.0 Å². The number of aryl methyl sites for hydroxylation is 1. The van der Waals surface area contributed by atoms with Crippen molar-refractivity contribution in [2.24, 2.45) is 5.73 Å². The minimum Gasteiger partial charge on any atom is -0.390 e. The Morgan fingerprint density at radius 3 is 2.47 bits per heavy atom. The van der Waals surface area contributed by atoms with E-state index in [1.54, 1.807) is 10.7 Å². The van der Waals surface area contributed by atoms with Gasteiger partial charge in [-0.15, -0.1) is 0 Å². The fourth-order valence-corrected chi connectivity index (χ4v) is 5.85. The molecule has 0 bridgehead atoms. The lowest BCUT2D eigenvalue weighted by molar-refractivity contribution is -0.0961. The number of unbranched alkanes of at least 4 members (excludes halogenated alkanes) is 1. The predicted octanol–water partition coefficient (Wildman–Crippen LogP) is 5.66. The average Bonchev–Trinajstić information content (AvgIpc) is 3.26. The Kier molecular flexibility index (Phi) is 5.75. The van der Waals surface area contributed by atoms with E-state index >= 15 is 0 Å². The van der Waals surface area contributed by atoms with Gasteiger partial charge in [-0.1, -0.05) is 74.4 Å². The summed E-state index contributed by atoms with van der Waals surface area (Å²) in [6, 6.07) is 22.7. The Hall–Kier alpha value is -4.12. The largest absolute Gasteiger partial charge is 0.390 e. The smallest absolute Gasteiger partial charge is 0.175 e. The fourth-order valence-electron chi connectivity index (χ4n) is 5.85. The number of nitrogens with zero attached hydrogens (tertiary/aromatic N) is 5. The van der Waals surface area contributed by atoms with E-state index in [1.165, 1.54) is 0 Å². The lowest BCUT2D eigenvalue weighted by Gasteiger charge is -2.52. The highest BCUT2D eigenvalue weighted by atomic mass is 16.3. The van der Waals surface area contributed by atoms with Gasteiger partial charge in [0.1, 0.15) is 11.6 Å². The van der Waals surface area contributed by atoms with E-state index in [0.717, 1.165) is 52.6 Å². The maximum Gasteiger partial charge on any atom is 0.175 e. The van der Waals surface area contributed by atoms with Crippen LogP contribution in [-0.2, 0) is 5.54 Å². The molecule has 0 unspecified atom stereocenters. The Morgan fingerprint density at radius 1 is 1.05 bits per heavy atom. The van der Waals surface area contributed by atoms with Crippen LogP contribution in [0.1, 0.15) is 55.8 Å². The Labute approximate surface area is 221 Å². The molecule has 7 nitrogen and oxygen atoms in total. The highest BCUT2D eigenvalue weighted by Crippen LogP contribution is 2.49. The third-order valence-electron chi connectivity index (χ3n) is 7.81. The van der Waals surface area contributed by atoms with Crippen LogP contribution in [0.5, 0.6) is 0 Å². The Balaban J connectivity index is 1.46. The summed E-state index contributed by atoms with van der Waals surface area (Å²) < 4.78 is 1.66. The summed E-state index contributed by atoms with van der Waals surface area (Å²) in [7, 11) is 0. The van der Waals surface area contributed by atoms with Crippen LogP contribution >= 0.6 is 0 Å². The SMILES string of the molecule is CCCC[C@]1(O)C[C@](N)(c2ccc(-c3nc4c(cnc5c(C#N)c(C)nn54)cc3-c3ccccc3)cc2)C1. The minimum atomic E-state index is -0.659. The number of hydrogen-bond acceptors (Lipinski definition) is 6.